The van der Waals surface area contributed by atoms with Gasteiger partial charge < -0.3 is 15.2 Å². The minimum absolute atomic E-state index is 0.135. The molecule has 1 aliphatic rings. The molecular formula is C15H24ClN3O3. The van der Waals surface area contributed by atoms with E-state index in [0.717, 1.165) is 5.69 Å². The number of carbonyl (C=O) groups is 1. The first-order valence-electron chi connectivity index (χ1n) is 7.54. The zero-order chi connectivity index (χ0) is 16.5. The average molecular weight is 330 g/mol. The second kappa shape index (κ2) is 6.46. The van der Waals surface area contributed by atoms with Gasteiger partial charge in [0.05, 0.1) is 35.1 Å². The Balaban J connectivity index is 2.14. The zero-order valence-corrected chi connectivity index (χ0v) is 14.2. The summed E-state index contributed by atoms with van der Waals surface area (Å²) in [4.78, 5) is 12.0. The largest absolute Gasteiger partial charge is 0.444 e. The van der Waals surface area contributed by atoms with E-state index >= 15 is 0 Å². The molecule has 1 aliphatic carbocycles. The van der Waals surface area contributed by atoms with Gasteiger partial charge in [0.25, 0.3) is 0 Å². The van der Waals surface area contributed by atoms with Crippen LogP contribution in [0, 0.1) is 6.92 Å². The molecule has 2 rings (SSSR count). The van der Waals surface area contributed by atoms with Crippen LogP contribution in [0.3, 0.4) is 0 Å². The highest BCUT2D eigenvalue weighted by Gasteiger charge is 2.34. The third kappa shape index (κ3) is 4.14. The number of hydrogen-bond donors (Lipinski definition) is 2. The predicted octanol–water partition coefficient (Wildman–Crippen LogP) is 2.82. The number of halogens is 1. The minimum atomic E-state index is -0.543. The number of nitrogens with one attached hydrogen (secondary N) is 1. The van der Waals surface area contributed by atoms with Crippen molar-refractivity contribution in [3.63, 3.8) is 0 Å². The van der Waals surface area contributed by atoms with Gasteiger partial charge in [0.15, 0.2) is 0 Å². The van der Waals surface area contributed by atoms with Gasteiger partial charge in [-0.05, 0) is 47.0 Å². The second-order valence-electron chi connectivity index (χ2n) is 6.81. The first-order chi connectivity index (χ1) is 10.2. The topological polar surface area (TPSA) is 76.4 Å². The third-order valence-corrected chi connectivity index (χ3v) is 4.16. The van der Waals surface area contributed by atoms with Crippen LogP contribution in [0.1, 0.15) is 51.8 Å². The van der Waals surface area contributed by atoms with Crippen LogP contribution in [0.4, 0.5) is 4.79 Å². The summed E-state index contributed by atoms with van der Waals surface area (Å²) in [5.41, 5.74) is 0.287. The lowest BCUT2D eigenvalue weighted by atomic mass is 9.88. The molecule has 1 saturated carbocycles. The van der Waals surface area contributed by atoms with E-state index in [1.54, 1.807) is 10.9 Å². The van der Waals surface area contributed by atoms with Crippen molar-refractivity contribution < 1.29 is 14.6 Å². The predicted molar refractivity (Wildman–Crippen MR) is 84.0 cm³/mol. The maximum absolute atomic E-state index is 12.0. The van der Waals surface area contributed by atoms with E-state index in [1.807, 2.05) is 27.7 Å². The van der Waals surface area contributed by atoms with E-state index in [0.29, 0.717) is 24.3 Å². The molecule has 1 fully saturated rings. The summed E-state index contributed by atoms with van der Waals surface area (Å²) in [5.74, 6) is 0. The molecule has 1 amide bonds. The molecule has 0 aromatic carbocycles. The van der Waals surface area contributed by atoms with E-state index in [9.17, 15) is 9.90 Å². The van der Waals surface area contributed by atoms with Crippen LogP contribution in [0.5, 0.6) is 0 Å². The molecule has 22 heavy (non-hydrogen) atoms. The summed E-state index contributed by atoms with van der Waals surface area (Å²) in [5, 5.41) is 17.7. The molecule has 124 valence electrons. The van der Waals surface area contributed by atoms with Gasteiger partial charge in [-0.15, -0.1) is 0 Å². The summed E-state index contributed by atoms with van der Waals surface area (Å²) < 4.78 is 7.10. The molecule has 0 bridgehead atoms. The number of amides is 1. The number of nitrogens with zero attached hydrogens (tertiary/aromatic N) is 2. The van der Waals surface area contributed by atoms with Crippen molar-refractivity contribution in [1.82, 2.24) is 15.1 Å². The van der Waals surface area contributed by atoms with Crippen LogP contribution in [0.15, 0.2) is 6.20 Å². The van der Waals surface area contributed by atoms with Gasteiger partial charge >= 0.3 is 6.09 Å². The average Bonchev–Trinajstić information content (AvgIpc) is 2.70. The zero-order valence-electron chi connectivity index (χ0n) is 13.5. The van der Waals surface area contributed by atoms with Crippen molar-refractivity contribution in [3.05, 3.63) is 16.9 Å². The lowest BCUT2D eigenvalue weighted by Gasteiger charge is -2.35. The van der Waals surface area contributed by atoms with Crippen LogP contribution in [0.25, 0.3) is 0 Å². The number of aromatic nitrogens is 2. The number of alkyl carbamates (subject to hydrolysis) is 1. The Hall–Kier alpha value is -1.27. The smallest absolute Gasteiger partial charge is 0.407 e. The Morgan fingerprint density at radius 3 is 2.73 bits per heavy atom. The Morgan fingerprint density at radius 1 is 1.50 bits per heavy atom. The lowest BCUT2D eigenvalue weighted by Crippen LogP contribution is -2.47. The Morgan fingerprint density at radius 2 is 2.18 bits per heavy atom. The quantitative estimate of drug-likeness (QED) is 0.874. The highest BCUT2D eigenvalue weighted by atomic mass is 35.5. The number of rotatable bonds is 2. The summed E-state index contributed by atoms with van der Waals surface area (Å²) in [6, 6.07) is -0.281. The molecule has 6 nitrogen and oxygen atoms in total. The van der Waals surface area contributed by atoms with Gasteiger partial charge in [-0.25, -0.2) is 4.79 Å². The summed E-state index contributed by atoms with van der Waals surface area (Å²) >= 11 is 6.07. The number of ether oxygens (including phenoxy) is 1. The molecule has 1 heterocycles. The van der Waals surface area contributed by atoms with Crippen LogP contribution in [0.2, 0.25) is 5.02 Å². The molecule has 0 spiro atoms. The number of aliphatic hydroxyl groups is 1. The highest BCUT2D eigenvalue weighted by molar-refractivity contribution is 6.31. The molecule has 1 aromatic heterocycles. The summed E-state index contributed by atoms with van der Waals surface area (Å²) in [6.07, 6.45) is 2.58. The Labute approximate surface area is 135 Å². The molecule has 7 heteroatoms. The first-order valence-corrected chi connectivity index (χ1v) is 7.92. The van der Waals surface area contributed by atoms with Crippen molar-refractivity contribution in [3.8, 4) is 0 Å². The molecule has 0 saturated heterocycles. The van der Waals surface area contributed by atoms with Gasteiger partial charge in [-0.2, -0.15) is 5.10 Å². The molecule has 3 atom stereocenters. The van der Waals surface area contributed by atoms with E-state index < -0.39 is 17.8 Å². The van der Waals surface area contributed by atoms with Crippen molar-refractivity contribution in [2.45, 2.75) is 70.7 Å². The van der Waals surface area contributed by atoms with Crippen molar-refractivity contribution in [2.24, 2.45) is 0 Å². The van der Waals surface area contributed by atoms with Crippen LogP contribution < -0.4 is 5.32 Å². The van der Waals surface area contributed by atoms with E-state index in [4.69, 9.17) is 16.3 Å². The normalized spacial score (nSPS) is 25.8. The SMILES string of the molecule is Cc1c(Cl)cnn1C1CC(O)CCC1NC(=O)OC(C)(C)C. The molecule has 2 N–H and O–H groups in total. The molecule has 1 aromatic rings. The van der Waals surface area contributed by atoms with E-state index in [2.05, 4.69) is 10.4 Å². The summed E-state index contributed by atoms with van der Waals surface area (Å²) in [7, 11) is 0. The van der Waals surface area contributed by atoms with Crippen LogP contribution in [-0.2, 0) is 4.74 Å². The fraction of sp³-hybridized carbons (Fsp3) is 0.733. The van der Waals surface area contributed by atoms with Crippen molar-refractivity contribution in [2.75, 3.05) is 0 Å². The second-order valence-corrected chi connectivity index (χ2v) is 7.22. The number of aliphatic hydroxyl groups excluding tert-OH is 1. The van der Waals surface area contributed by atoms with Crippen molar-refractivity contribution in [1.29, 1.82) is 0 Å². The monoisotopic (exact) mass is 329 g/mol. The highest BCUT2D eigenvalue weighted by Crippen LogP contribution is 2.31. The minimum Gasteiger partial charge on any atom is -0.444 e. The van der Waals surface area contributed by atoms with E-state index in [-0.39, 0.29) is 12.1 Å². The van der Waals surface area contributed by atoms with Gasteiger partial charge in [0, 0.05) is 0 Å². The van der Waals surface area contributed by atoms with E-state index in [1.165, 1.54) is 0 Å². The van der Waals surface area contributed by atoms with Gasteiger partial charge in [-0.3, -0.25) is 4.68 Å². The Kier molecular flexibility index (Phi) is 5.02. The molecule has 3 unspecified atom stereocenters. The molecule has 0 radical (unpaired) electrons. The van der Waals surface area contributed by atoms with Gasteiger partial charge in [0.1, 0.15) is 5.60 Å². The number of hydrogen-bond acceptors (Lipinski definition) is 4. The fourth-order valence-corrected chi connectivity index (χ4v) is 2.89. The van der Waals surface area contributed by atoms with Gasteiger partial charge in [-0.1, -0.05) is 11.6 Å². The summed E-state index contributed by atoms with van der Waals surface area (Å²) in [6.45, 7) is 7.35. The fourth-order valence-electron chi connectivity index (χ4n) is 2.76. The lowest BCUT2D eigenvalue weighted by molar-refractivity contribution is 0.0385. The number of carbonyl (C=O) groups excluding carboxylic acids is 1. The van der Waals surface area contributed by atoms with Gasteiger partial charge in [0.2, 0.25) is 0 Å². The maximum atomic E-state index is 12.0. The maximum Gasteiger partial charge on any atom is 0.407 e. The molecular weight excluding hydrogens is 306 g/mol. The Bertz CT molecular complexity index is 539. The van der Waals surface area contributed by atoms with Crippen LogP contribution in [-0.4, -0.2) is 38.7 Å². The third-order valence-electron chi connectivity index (χ3n) is 3.79. The first kappa shape index (κ1) is 17.1. The standard InChI is InChI=1S/C15H24ClN3O3/c1-9-11(16)8-17-19(9)13-7-10(20)5-6-12(13)18-14(21)22-15(2,3)4/h8,10,12-13,20H,5-7H2,1-4H3,(H,18,21). The van der Waals surface area contributed by atoms with Crippen LogP contribution >= 0.6 is 11.6 Å². The van der Waals surface area contributed by atoms with Crippen molar-refractivity contribution >= 4 is 17.7 Å². The molecule has 0 aliphatic heterocycles.